The van der Waals surface area contributed by atoms with Crippen LogP contribution in [-0.2, 0) is 0 Å². The van der Waals surface area contributed by atoms with E-state index in [2.05, 4.69) is 12.2 Å². The van der Waals surface area contributed by atoms with Crippen LogP contribution in [0.3, 0.4) is 0 Å². The van der Waals surface area contributed by atoms with Gasteiger partial charge in [-0.2, -0.15) is 0 Å². The van der Waals surface area contributed by atoms with Crippen molar-refractivity contribution in [2.75, 3.05) is 6.54 Å². The van der Waals surface area contributed by atoms with Crippen LogP contribution in [0, 0.1) is 5.41 Å². The smallest absolute Gasteiger partial charge is 0.0693 e. The van der Waals surface area contributed by atoms with Crippen LogP contribution in [0.15, 0.2) is 0 Å². The molecule has 0 saturated heterocycles. The molecule has 0 aromatic rings. The molecule has 2 nitrogen and oxygen atoms in total. The molecule has 0 radical (unpaired) electrons. The lowest BCUT2D eigenvalue weighted by Crippen LogP contribution is -2.39. The molecule has 2 N–H and O–H groups in total. The Kier molecular flexibility index (Phi) is 2.61. The molecule has 0 bridgehead atoms. The number of rotatable bonds is 4. The van der Waals surface area contributed by atoms with Crippen LogP contribution in [0.25, 0.3) is 0 Å². The molecular weight excluding hydrogens is 162 g/mol. The van der Waals surface area contributed by atoms with Gasteiger partial charge < -0.3 is 10.4 Å². The third kappa shape index (κ3) is 2.05. The summed E-state index contributed by atoms with van der Waals surface area (Å²) >= 11 is 0. The quantitative estimate of drug-likeness (QED) is 0.695. The van der Waals surface area contributed by atoms with Gasteiger partial charge in [-0.3, -0.25) is 0 Å². The van der Waals surface area contributed by atoms with Gasteiger partial charge in [0.05, 0.1) is 6.10 Å². The van der Waals surface area contributed by atoms with Gasteiger partial charge in [-0.15, -0.1) is 0 Å². The highest BCUT2D eigenvalue weighted by Gasteiger charge is 2.41. The van der Waals surface area contributed by atoms with Crippen LogP contribution in [0.2, 0.25) is 0 Å². The largest absolute Gasteiger partial charge is 0.392 e. The summed E-state index contributed by atoms with van der Waals surface area (Å²) in [5, 5.41) is 13.2. The summed E-state index contributed by atoms with van der Waals surface area (Å²) in [6.07, 6.45) is 7.35. The summed E-state index contributed by atoms with van der Waals surface area (Å²) < 4.78 is 0. The highest BCUT2D eigenvalue weighted by Crippen LogP contribution is 2.48. The molecule has 0 amide bonds. The van der Waals surface area contributed by atoms with Gasteiger partial charge in [0.25, 0.3) is 0 Å². The molecule has 2 aliphatic rings. The molecule has 2 heteroatoms. The lowest BCUT2D eigenvalue weighted by Gasteiger charge is -2.20. The number of aliphatic hydroxyl groups excluding tert-OH is 1. The molecular formula is C11H21NO. The zero-order valence-electron chi connectivity index (χ0n) is 8.55. The molecule has 2 fully saturated rings. The van der Waals surface area contributed by atoms with Crippen molar-refractivity contribution < 1.29 is 5.11 Å². The maximum atomic E-state index is 9.62. The standard InChI is InChI=1S/C11H21NO/c1-2-11(6-7-11)8-12-9-4-3-5-10(9)13/h9-10,12-13H,2-8H2,1H3/t9-,10-/m0/s1. The summed E-state index contributed by atoms with van der Waals surface area (Å²) in [5.74, 6) is 0. The molecule has 0 heterocycles. The first kappa shape index (κ1) is 9.47. The van der Waals surface area contributed by atoms with Gasteiger partial charge in [0.15, 0.2) is 0 Å². The van der Waals surface area contributed by atoms with E-state index in [4.69, 9.17) is 0 Å². The maximum Gasteiger partial charge on any atom is 0.0693 e. The van der Waals surface area contributed by atoms with Gasteiger partial charge in [-0.25, -0.2) is 0 Å². The number of hydrogen-bond donors (Lipinski definition) is 2. The molecule has 0 unspecified atom stereocenters. The Morgan fingerprint density at radius 2 is 2.15 bits per heavy atom. The van der Waals surface area contributed by atoms with E-state index in [-0.39, 0.29) is 6.10 Å². The highest BCUT2D eigenvalue weighted by atomic mass is 16.3. The first-order valence-electron chi connectivity index (χ1n) is 5.67. The van der Waals surface area contributed by atoms with E-state index in [1.807, 2.05) is 0 Å². The molecule has 2 saturated carbocycles. The Morgan fingerprint density at radius 1 is 1.38 bits per heavy atom. The van der Waals surface area contributed by atoms with Crippen LogP contribution in [0.5, 0.6) is 0 Å². The van der Waals surface area contributed by atoms with E-state index in [1.54, 1.807) is 0 Å². The third-order valence-electron chi connectivity index (χ3n) is 3.93. The SMILES string of the molecule is CCC1(CN[C@H]2CCC[C@@H]2O)CC1. The number of hydrogen-bond acceptors (Lipinski definition) is 2. The zero-order chi connectivity index (χ0) is 9.31. The Bertz CT molecular complexity index is 177. The van der Waals surface area contributed by atoms with Crippen molar-refractivity contribution in [3.8, 4) is 0 Å². The summed E-state index contributed by atoms with van der Waals surface area (Å²) in [5.41, 5.74) is 0.613. The third-order valence-corrected chi connectivity index (χ3v) is 3.93. The molecule has 13 heavy (non-hydrogen) atoms. The van der Waals surface area contributed by atoms with Crippen molar-refractivity contribution in [1.29, 1.82) is 0 Å². The minimum atomic E-state index is -0.0762. The van der Waals surface area contributed by atoms with E-state index in [0.717, 1.165) is 13.0 Å². The first-order valence-corrected chi connectivity index (χ1v) is 5.67. The van der Waals surface area contributed by atoms with E-state index in [0.29, 0.717) is 11.5 Å². The minimum Gasteiger partial charge on any atom is -0.392 e. The second-order valence-electron chi connectivity index (χ2n) is 4.84. The number of nitrogens with one attached hydrogen (secondary N) is 1. The second kappa shape index (κ2) is 3.58. The molecule has 0 aromatic carbocycles. The predicted molar refractivity (Wildman–Crippen MR) is 53.6 cm³/mol. The summed E-state index contributed by atoms with van der Waals surface area (Å²) in [6, 6.07) is 0.393. The van der Waals surface area contributed by atoms with E-state index < -0.39 is 0 Å². The Morgan fingerprint density at radius 3 is 2.62 bits per heavy atom. The molecule has 2 rings (SSSR count). The van der Waals surface area contributed by atoms with Crippen molar-refractivity contribution >= 4 is 0 Å². The molecule has 2 atom stereocenters. The average molecular weight is 183 g/mol. The topological polar surface area (TPSA) is 32.3 Å². The Hall–Kier alpha value is -0.0800. The highest BCUT2D eigenvalue weighted by molar-refractivity contribution is 4.95. The normalized spacial score (nSPS) is 36.5. The lowest BCUT2D eigenvalue weighted by molar-refractivity contribution is 0.145. The van der Waals surface area contributed by atoms with Gasteiger partial charge in [0, 0.05) is 12.6 Å². The second-order valence-corrected chi connectivity index (χ2v) is 4.84. The van der Waals surface area contributed by atoms with Gasteiger partial charge in [0.1, 0.15) is 0 Å². The van der Waals surface area contributed by atoms with E-state index in [9.17, 15) is 5.11 Å². The fourth-order valence-electron chi connectivity index (χ4n) is 2.36. The monoisotopic (exact) mass is 183 g/mol. The summed E-state index contributed by atoms with van der Waals surface area (Å²) in [4.78, 5) is 0. The molecule has 0 aromatic heterocycles. The van der Waals surface area contributed by atoms with Gasteiger partial charge in [-0.1, -0.05) is 6.92 Å². The summed E-state index contributed by atoms with van der Waals surface area (Å²) in [7, 11) is 0. The Balaban J connectivity index is 1.73. The van der Waals surface area contributed by atoms with Crippen molar-refractivity contribution in [3.63, 3.8) is 0 Å². The predicted octanol–water partition coefficient (Wildman–Crippen LogP) is 1.68. The van der Waals surface area contributed by atoms with Crippen molar-refractivity contribution in [2.45, 2.75) is 57.6 Å². The van der Waals surface area contributed by atoms with Gasteiger partial charge >= 0.3 is 0 Å². The van der Waals surface area contributed by atoms with E-state index in [1.165, 1.54) is 32.1 Å². The molecule has 0 aliphatic heterocycles. The van der Waals surface area contributed by atoms with Crippen LogP contribution in [0.4, 0.5) is 0 Å². The Labute approximate surface area is 80.7 Å². The fourth-order valence-corrected chi connectivity index (χ4v) is 2.36. The van der Waals surface area contributed by atoms with Crippen LogP contribution in [-0.4, -0.2) is 23.8 Å². The van der Waals surface area contributed by atoms with Gasteiger partial charge in [-0.05, 0) is 43.9 Å². The molecule has 2 aliphatic carbocycles. The van der Waals surface area contributed by atoms with Crippen LogP contribution in [0.1, 0.15) is 45.4 Å². The van der Waals surface area contributed by atoms with Gasteiger partial charge in [0.2, 0.25) is 0 Å². The van der Waals surface area contributed by atoms with Crippen LogP contribution < -0.4 is 5.32 Å². The van der Waals surface area contributed by atoms with E-state index >= 15 is 0 Å². The zero-order valence-corrected chi connectivity index (χ0v) is 8.55. The van der Waals surface area contributed by atoms with Crippen molar-refractivity contribution in [1.82, 2.24) is 5.32 Å². The van der Waals surface area contributed by atoms with Crippen molar-refractivity contribution in [3.05, 3.63) is 0 Å². The molecule has 0 spiro atoms. The number of aliphatic hydroxyl groups is 1. The van der Waals surface area contributed by atoms with Crippen LogP contribution >= 0.6 is 0 Å². The van der Waals surface area contributed by atoms with Crippen molar-refractivity contribution in [2.24, 2.45) is 5.41 Å². The molecule has 76 valence electrons. The first-order chi connectivity index (χ1) is 6.26. The lowest BCUT2D eigenvalue weighted by atomic mass is 10.0. The maximum absolute atomic E-state index is 9.62. The average Bonchev–Trinajstić information content (AvgIpc) is 2.82. The summed E-state index contributed by atoms with van der Waals surface area (Å²) in [6.45, 7) is 3.41. The fraction of sp³-hybridized carbons (Fsp3) is 1.00. The minimum absolute atomic E-state index is 0.0762.